The fourth-order valence-electron chi connectivity index (χ4n) is 4.07. The third-order valence-electron chi connectivity index (χ3n) is 5.92. The number of hydrogen-bond donors (Lipinski definition) is 2. The van der Waals surface area contributed by atoms with Crippen LogP contribution in [0.2, 0.25) is 0 Å². The SMILES string of the molecule is [2H]C([2H])([2H])NCc1ccc(-n2cc(-c3nc(N[C@H]4CCN(S(C)(=O)=O)C[C@H]4F)ncc3C)cn2)c(C)c1. The standard InChI is InChI=1S/C23H30FN7O2S/c1-15-9-17(11-25-3)5-6-21(15)31-13-18(12-27-31)22-16(2)10-26-23(29-22)28-20-7-8-30(14-19(20)24)34(4,32)33/h5-6,9-10,12-13,19-20,25H,7-8,11,14H2,1-4H3,(H,26,28,29)/t19-,20+/m1/s1/i3D3. The summed E-state index contributed by atoms with van der Waals surface area (Å²) in [4.78, 5) is 8.88. The van der Waals surface area contributed by atoms with Crippen LogP contribution in [-0.2, 0) is 16.6 Å². The largest absolute Gasteiger partial charge is 0.348 e. The summed E-state index contributed by atoms with van der Waals surface area (Å²) in [7, 11) is -3.44. The Kier molecular flexibility index (Phi) is 5.88. The molecule has 1 aliphatic heterocycles. The van der Waals surface area contributed by atoms with Crippen LogP contribution in [0.5, 0.6) is 0 Å². The van der Waals surface area contributed by atoms with Gasteiger partial charge in [-0.1, -0.05) is 12.1 Å². The number of aryl methyl sites for hydroxylation is 2. The summed E-state index contributed by atoms with van der Waals surface area (Å²) >= 11 is 0. The lowest BCUT2D eigenvalue weighted by Gasteiger charge is -2.33. The number of anilines is 1. The number of benzene rings is 1. The number of aromatic nitrogens is 4. The Hall–Kier alpha value is -2.89. The molecule has 0 spiro atoms. The van der Waals surface area contributed by atoms with E-state index in [0.29, 0.717) is 12.1 Å². The van der Waals surface area contributed by atoms with Gasteiger partial charge in [0.05, 0.1) is 29.9 Å². The Morgan fingerprint density at radius 3 is 2.79 bits per heavy atom. The molecule has 1 fully saturated rings. The molecular weight excluding hydrogens is 457 g/mol. The van der Waals surface area contributed by atoms with Crippen LogP contribution in [0.25, 0.3) is 16.9 Å². The quantitative estimate of drug-likeness (QED) is 0.524. The van der Waals surface area contributed by atoms with Crippen LogP contribution in [0.3, 0.4) is 0 Å². The van der Waals surface area contributed by atoms with Gasteiger partial charge in [-0.2, -0.15) is 9.40 Å². The normalized spacial score (nSPS) is 21.0. The second-order valence-electron chi connectivity index (χ2n) is 8.55. The van der Waals surface area contributed by atoms with Crippen molar-refractivity contribution in [3.8, 4) is 16.9 Å². The molecule has 0 unspecified atom stereocenters. The molecule has 34 heavy (non-hydrogen) atoms. The molecule has 4 rings (SSSR count). The number of alkyl halides is 1. The zero-order valence-electron chi connectivity index (χ0n) is 22.3. The first-order valence-electron chi connectivity index (χ1n) is 12.4. The lowest BCUT2D eigenvalue weighted by Crippen LogP contribution is -2.49. The summed E-state index contributed by atoms with van der Waals surface area (Å²) < 4.78 is 62.9. The summed E-state index contributed by atoms with van der Waals surface area (Å²) in [5.74, 6) is 0.260. The molecule has 0 aliphatic carbocycles. The Morgan fingerprint density at radius 1 is 1.26 bits per heavy atom. The van der Waals surface area contributed by atoms with Crippen LogP contribution in [0.4, 0.5) is 10.3 Å². The van der Waals surface area contributed by atoms with Crippen molar-refractivity contribution < 1.29 is 16.9 Å². The van der Waals surface area contributed by atoms with Crippen molar-refractivity contribution >= 4 is 16.0 Å². The smallest absolute Gasteiger partial charge is 0.223 e. The predicted molar refractivity (Wildman–Crippen MR) is 130 cm³/mol. The Labute approximate surface area is 203 Å². The highest BCUT2D eigenvalue weighted by Crippen LogP contribution is 2.25. The zero-order valence-corrected chi connectivity index (χ0v) is 20.1. The highest BCUT2D eigenvalue weighted by atomic mass is 32.2. The highest BCUT2D eigenvalue weighted by Gasteiger charge is 2.33. The number of halogens is 1. The molecule has 3 heterocycles. The topological polar surface area (TPSA) is 105 Å². The van der Waals surface area contributed by atoms with Gasteiger partial charge in [-0.25, -0.2) is 27.5 Å². The number of nitrogens with one attached hydrogen (secondary N) is 2. The average molecular weight is 491 g/mol. The molecule has 182 valence electrons. The second kappa shape index (κ2) is 9.77. The minimum Gasteiger partial charge on any atom is -0.348 e. The molecule has 0 bridgehead atoms. The Balaban J connectivity index is 1.50. The number of nitrogens with zero attached hydrogens (tertiary/aromatic N) is 5. The Bertz CT molecular complexity index is 1380. The molecule has 9 nitrogen and oxygen atoms in total. The molecule has 1 aliphatic rings. The summed E-state index contributed by atoms with van der Waals surface area (Å²) in [6.07, 6.45) is 5.17. The van der Waals surface area contributed by atoms with E-state index in [1.54, 1.807) is 17.1 Å². The van der Waals surface area contributed by atoms with Crippen molar-refractivity contribution in [1.29, 1.82) is 0 Å². The van der Waals surface area contributed by atoms with E-state index in [1.165, 1.54) is 0 Å². The number of rotatable bonds is 7. The van der Waals surface area contributed by atoms with Crippen molar-refractivity contribution in [2.45, 2.75) is 39.0 Å². The molecule has 2 atom stereocenters. The monoisotopic (exact) mass is 490 g/mol. The van der Waals surface area contributed by atoms with Crippen LogP contribution in [0, 0.1) is 13.8 Å². The first-order valence-corrected chi connectivity index (χ1v) is 12.7. The molecule has 0 radical (unpaired) electrons. The van der Waals surface area contributed by atoms with Crippen molar-refractivity contribution in [2.24, 2.45) is 0 Å². The van der Waals surface area contributed by atoms with Crippen LogP contribution in [-0.4, -0.2) is 71.0 Å². The minimum absolute atomic E-state index is 0.202. The van der Waals surface area contributed by atoms with E-state index >= 15 is 0 Å². The fourth-order valence-corrected chi connectivity index (χ4v) is 4.92. The van der Waals surface area contributed by atoms with E-state index in [9.17, 15) is 12.8 Å². The third kappa shape index (κ3) is 5.26. The van der Waals surface area contributed by atoms with Gasteiger partial charge < -0.3 is 10.6 Å². The van der Waals surface area contributed by atoms with Gasteiger partial charge in [0.15, 0.2) is 0 Å². The Morgan fingerprint density at radius 2 is 2.09 bits per heavy atom. The predicted octanol–water partition coefficient (Wildman–Crippen LogP) is 2.45. The summed E-state index contributed by atoms with van der Waals surface area (Å²) in [5, 5.41) is 10.0. The summed E-state index contributed by atoms with van der Waals surface area (Å²) in [6, 6.07) is 5.04. The van der Waals surface area contributed by atoms with Gasteiger partial charge >= 0.3 is 0 Å². The van der Waals surface area contributed by atoms with E-state index < -0.39 is 29.2 Å². The molecule has 2 aromatic heterocycles. The lowest BCUT2D eigenvalue weighted by molar-refractivity contribution is 0.186. The van der Waals surface area contributed by atoms with Crippen molar-refractivity contribution in [2.75, 3.05) is 31.6 Å². The van der Waals surface area contributed by atoms with Crippen molar-refractivity contribution in [1.82, 2.24) is 29.4 Å². The molecule has 2 N–H and O–H groups in total. The second-order valence-corrected chi connectivity index (χ2v) is 10.5. The third-order valence-corrected chi connectivity index (χ3v) is 7.19. The summed E-state index contributed by atoms with van der Waals surface area (Å²) in [5.41, 5.74) is 4.82. The van der Waals surface area contributed by atoms with Gasteiger partial charge in [0.25, 0.3) is 0 Å². The van der Waals surface area contributed by atoms with E-state index in [2.05, 4.69) is 25.7 Å². The molecule has 0 saturated carbocycles. The fraction of sp³-hybridized carbons (Fsp3) is 0.435. The number of hydrogen-bond acceptors (Lipinski definition) is 7. The van der Waals surface area contributed by atoms with Crippen LogP contribution >= 0.6 is 0 Å². The summed E-state index contributed by atoms with van der Waals surface area (Å²) in [6.45, 7) is 1.85. The molecule has 1 aromatic carbocycles. The zero-order chi connectivity index (χ0) is 27.0. The highest BCUT2D eigenvalue weighted by molar-refractivity contribution is 7.88. The van der Waals surface area contributed by atoms with E-state index in [1.807, 2.05) is 38.2 Å². The maximum Gasteiger partial charge on any atom is 0.223 e. The maximum atomic E-state index is 14.7. The van der Waals surface area contributed by atoms with Gasteiger partial charge in [0.1, 0.15) is 6.17 Å². The van der Waals surface area contributed by atoms with E-state index in [0.717, 1.165) is 38.5 Å². The van der Waals surface area contributed by atoms with Crippen LogP contribution < -0.4 is 10.6 Å². The first-order chi connectivity index (χ1) is 17.3. The van der Waals surface area contributed by atoms with Gasteiger partial charge in [0, 0.05) is 41.7 Å². The van der Waals surface area contributed by atoms with Gasteiger partial charge in [-0.05, 0) is 50.0 Å². The lowest BCUT2D eigenvalue weighted by atomic mass is 10.1. The number of piperidine rings is 1. The van der Waals surface area contributed by atoms with Crippen molar-refractivity contribution in [3.63, 3.8) is 0 Å². The average Bonchev–Trinajstić information content (AvgIpc) is 3.29. The molecule has 11 heteroatoms. The minimum atomic E-state index is -3.44. The van der Waals surface area contributed by atoms with E-state index in [4.69, 9.17) is 4.11 Å². The molecular formula is C23H30FN7O2S. The maximum absolute atomic E-state index is 14.7. The molecule has 1 saturated heterocycles. The van der Waals surface area contributed by atoms with Crippen LogP contribution in [0.15, 0.2) is 36.8 Å². The van der Waals surface area contributed by atoms with E-state index in [-0.39, 0.29) is 25.6 Å². The van der Waals surface area contributed by atoms with Gasteiger partial charge in [-0.15, -0.1) is 0 Å². The number of sulfonamides is 1. The molecule has 0 amide bonds. The first kappa shape index (κ1) is 20.5. The van der Waals surface area contributed by atoms with Crippen LogP contribution in [0.1, 0.15) is 27.2 Å². The van der Waals surface area contributed by atoms with Gasteiger partial charge in [0.2, 0.25) is 16.0 Å². The molecule has 3 aromatic rings. The van der Waals surface area contributed by atoms with Crippen molar-refractivity contribution in [3.05, 3.63) is 53.5 Å². The van der Waals surface area contributed by atoms with Gasteiger partial charge in [-0.3, -0.25) is 0 Å².